The van der Waals surface area contributed by atoms with E-state index in [1.165, 1.54) is 22.0 Å². The van der Waals surface area contributed by atoms with Crippen molar-refractivity contribution in [3.63, 3.8) is 0 Å². The number of ether oxygens (including phenoxy) is 1. The molecule has 0 fully saturated rings. The Morgan fingerprint density at radius 2 is 1.90 bits per heavy atom. The number of benzene rings is 2. The van der Waals surface area contributed by atoms with Crippen LogP contribution in [-0.2, 0) is 11.3 Å². The molecule has 0 aliphatic carbocycles. The Kier molecular flexibility index (Phi) is 7.35. The molecule has 2 N–H and O–H groups in total. The molecule has 3 aromatic rings. The number of methoxy groups -OCH3 is 1. The van der Waals surface area contributed by atoms with Crippen LogP contribution in [0.4, 0.5) is 0 Å². The van der Waals surface area contributed by atoms with Crippen LogP contribution in [0.15, 0.2) is 53.7 Å². The van der Waals surface area contributed by atoms with Gasteiger partial charge in [-0.05, 0) is 31.0 Å². The topological polar surface area (TPSA) is 86.3 Å². The van der Waals surface area contributed by atoms with Crippen LogP contribution in [0.1, 0.15) is 24.5 Å². The maximum absolute atomic E-state index is 12.9. The normalized spacial score (nSPS) is 10.8. The number of nitrogens with zero attached hydrogens (tertiary/aromatic N) is 4. The maximum atomic E-state index is 12.9. The molecule has 0 bridgehead atoms. The lowest BCUT2D eigenvalue weighted by atomic mass is 10.1. The maximum Gasteiger partial charge on any atom is 0.233 e. The van der Waals surface area contributed by atoms with E-state index in [0.29, 0.717) is 29.8 Å². The Morgan fingerprint density at radius 1 is 1.17 bits per heavy atom. The summed E-state index contributed by atoms with van der Waals surface area (Å²) in [5, 5.41) is 8.84. The second-order valence-corrected chi connectivity index (χ2v) is 7.91. The highest BCUT2D eigenvalue weighted by Gasteiger charge is 2.19. The standard InChI is InChI=1S/C22H27N5O2S/c1-4-13-26(14-17-11-9-16(2)10-12-17)20(28)15-30-22-25-24-21(27(22)23)18-7-5-6-8-19(18)29-3/h5-12H,4,13-15,23H2,1-3H3. The zero-order chi connectivity index (χ0) is 21.5. The minimum Gasteiger partial charge on any atom is -0.496 e. The Morgan fingerprint density at radius 3 is 2.60 bits per heavy atom. The van der Waals surface area contributed by atoms with Crippen molar-refractivity contribution in [3.05, 3.63) is 59.7 Å². The molecule has 1 aromatic heterocycles. The SMILES string of the molecule is CCCN(Cc1ccc(C)cc1)C(=O)CSc1nnc(-c2ccccc2OC)n1N. The van der Waals surface area contributed by atoms with E-state index in [2.05, 4.69) is 48.3 Å². The van der Waals surface area contributed by atoms with Gasteiger partial charge in [-0.15, -0.1) is 10.2 Å². The van der Waals surface area contributed by atoms with Crippen LogP contribution in [-0.4, -0.2) is 45.1 Å². The monoisotopic (exact) mass is 425 g/mol. The number of carbonyl (C=O) groups excluding carboxylic acids is 1. The smallest absolute Gasteiger partial charge is 0.233 e. The average molecular weight is 426 g/mol. The third kappa shape index (κ3) is 5.13. The molecule has 8 heteroatoms. The van der Waals surface area contributed by atoms with Crippen molar-refractivity contribution >= 4 is 17.7 Å². The number of aryl methyl sites for hydroxylation is 1. The second-order valence-electron chi connectivity index (χ2n) is 6.97. The first-order valence-corrected chi connectivity index (χ1v) is 10.8. The fraction of sp³-hybridized carbons (Fsp3) is 0.318. The van der Waals surface area contributed by atoms with Crippen LogP contribution in [0, 0.1) is 6.92 Å². The van der Waals surface area contributed by atoms with Crippen molar-refractivity contribution < 1.29 is 9.53 Å². The molecule has 0 saturated heterocycles. The van der Waals surface area contributed by atoms with Crippen LogP contribution in [0.5, 0.6) is 5.75 Å². The summed E-state index contributed by atoms with van der Waals surface area (Å²) < 4.78 is 6.78. The minimum absolute atomic E-state index is 0.0456. The van der Waals surface area contributed by atoms with Gasteiger partial charge in [-0.3, -0.25) is 4.79 Å². The van der Waals surface area contributed by atoms with Gasteiger partial charge in [0.25, 0.3) is 0 Å². The molecule has 158 valence electrons. The number of thioether (sulfide) groups is 1. The van der Waals surface area contributed by atoms with Crippen molar-refractivity contribution in [2.24, 2.45) is 0 Å². The largest absolute Gasteiger partial charge is 0.496 e. The van der Waals surface area contributed by atoms with Gasteiger partial charge in [0, 0.05) is 13.1 Å². The Hall–Kier alpha value is -3.00. The van der Waals surface area contributed by atoms with Gasteiger partial charge in [-0.25, -0.2) is 4.68 Å². The number of hydrogen-bond donors (Lipinski definition) is 1. The van der Waals surface area contributed by atoms with Gasteiger partial charge in [-0.1, -0.05) is 60.6 Å². The molecule has 1 heterocycles. The van der Waals surface area contributed by atoms with Crippen LogP contribution >= 0.6 is 11.8 Å². The second kappa shape index (κ2) is 10.2. The van der Waals surface area contributed by atoms with Gasteiger partial charge in [0.05, 0.1) is 18.4 Å². The molecule has 0 unspecified atom stereocenters. The minimum atomic E-state index is 0.0456. The molecular weight excluding hydrogens is 398 g/mol. The molecule has 0 aliphatic heterocycles. The van der Waals surface area contributed by atoms with Gasteiger partial charge < -0.3 is 15.5 Å². The van der Waals surface area contributed by atoms with E-state index < -0.39 is 0 Å². The zero-order valence-electron chi connectivity index (χ0n) is 17.5. The first-order chi connectivity index (χ1) is 14.5. The molecule has 3 rings (SSSR count). The Bertz CT molecular complexity index is 987. The number of nitrogens with two attached hydrogens (primary N) is 1. The molecule has 0 aliphatic rings. The van der Waals surface area contributed by atoms with Crippen LogP contribution < -0.4 is 10.6 Å². The van der Waals surface area contributed by atoms with E-state index in [9.17, 15) is 4.79 Å². The Balaban J connectivity index is 1.68. The van der Waals surface area contributed by atoms with Crippen molar-refractivity contribution in [2.75, 3.05) is 25.3 Å². The summed E-state index contributed by atoms with van der Waals surface area (Å²) in [6.07, 6.45) is 0.896. The number of carbonyl (C=O) groups is 1. The van der Waals surface area contributed by atoms with E-state index in [4.69, 9.17) is 10.6 Å². The molecule has 0 spiro atoms. The van der Waals surface area contributed by atoms with E-state index in [0.717, 1.165) is 17.5 Å². The van der Waals surface area contributed by atoms with Crippen LogP contribution in [0.2, 0.25) is 0 Å². The predicted molar refractivity (Wildman–Crippen MR) is 120 cm³/mol. The number of rotatable bonds is 9. The summed E-state index contributed by atoms with van der Waals surface area (Å²) in [6.45, 7) is 5.42. The van der Waals surface area contributed by atoms with Gasteiger partial charge >= 0.3 is 0 Å². The van der Waals surface area contributed by atoms with Crippen LogP contribution in [0.25, 0.3) is 11.4 Å². The first kappa shape index (κ1) is 21.7. The molecule has 7 nitrogen and oxygen atoms in total. The highest BCUT2D eigenvalue weighted by Crippen LogP contribution is 2.29. The number of hydrogen-bond acceptors (Lipinski definition) is 6. The molecule has 0 saturated carbocycles. The first-order valence-electron chi connectivity index (χ1n) is 9.83. The molecule has 2 aromatic carbocycles. The van der Waals surface area contributed by atoms with Crippen molar-refractivity contribution in [1.29, 1.82) is 0 Å². The summed E-state index contributed by atoms with van der Waals surface area (Å²) in [4.78, 5) is 14.7. The lowest BCUT2D eigenvalue weighted by molar-refractivity contribution is -0.129. The lowest BCUT2D eigenvalue weighted by Gasteiger charge is -2.22. The summed E-state index contributed by atoms with van der Waals surface area (Å²) >= 11 is 1.28. The quantitative estimate of drug-likeness (QED) is 0.417. The van der Waals surface area contributed by atoms with Crippen molar-refractivity contribution in [1.82, 2.24) is 19.8 Å². The summed E-state index contributed by atoms with van der Waals surface area (Å²) in [5.74, 6) is 7.65. The lowest BCUT2D eigenvalue weighted by Crippen LogP contribution is -2.32. The molecule has 1 amide bonds. The molecular formula is C22H27N5O2S. The fourth-order valence-electron chi connectivity index (χ4n) is 3.08. The average Bonchev–Trinajstić information content (AvgIpc) is 3.13. The third-order valence-corrected chi connectivity index (χ3v) is 5.61. The number of para-hydroxylation sites is 1. The van der Waals surface area contributed by atoms with Crippen molar-refractivity contribution in [3.8, 4) is 17.1 Å². The molecule has 30 heavy (non-hydrogen) atoms. The summed E-state index contributed by atoms with van der Waals surface area (Å²) in [5.41, 5.74) is 3.07. The summed E-state index contributed by atoms with van der Waals surface area (Å²) in [6, 6.07) is 15.7. The predicted octanol–water partition coefficient (Wildman–Crippen LogP) is 3.51. The van der Waals surface area contributed by atoms with E-state index in [-0.39, 0.29) is 11.7 Å². The van der Waals surface area contributed by atoms with Crippen molar-refractivity contribution in [2.45, 2.75) is 32.0 Å². The van der Waals surface area contributed by atoms with E-state index in [1.807, 2.05) is 29.2 Å². The van der Waals surface area contributed by atoms with Gasteiger partial charge in [-0.2, -0.15) is 0 Å². The van der Waals surface area contributed by atoms with Crippen LogP contribution in [0.3, 0.4) is 0 Å². The summed E-state index contributed by atoms with van der Waals surface area (Å²) in [7, 11) is 1.60. The van der Waals surface area contributed by atoms with Gasteiger partial charge in [0.1, 0.15) is 5.75 Å². The Labute approximate surface area is 181 Å². The third-order valence-electron chi connectivity index (χ3n) is 4.68. The number of amides is 1. The van der Waals surface area contributed by atoms with E-state index in [1.54, 1.807) is 7.11 Å². The molecule has 0 radical (unpaired) electrons. The number of aromatic nitrogens is 3. The fourth-order valence-corrected chi connectivity index (χ4v) is 3.84. The van der Waals surface area contributed by atoms with Gasteiger partial charge in [0.15, 0.2) is 5.82 Å². The van der Waals surface area contributed by atoms with Gasteiger partial charge in [0.2, 0.25) is 11.1 Å². The highest BCUT2D eigenvalue weighted by molar-refractivity contribution is 7.99. The van der Waals surface area contributed by atoms with E-state index >= 15 is 0 Å². The zero-order valence-corrected chi connectivity index (χ0v) is 18.4. The molecule has 0 atom stereocenters. The number of nitrogen functional groups attached to an aromatic ring is 1. The highest BCUT2D eigenvalue weighted by atomic mass is 32.2.